The Morgan fingerprint density at radius 3 is 2.04 bits per heavy atom. The van der Waals surface area contributed by atoms with E-state index in [2.05, 4.69) is 40.8 Å². The number of benzene rings is 3. The summed E-state index contributed by atoms with van der Waals surface area (Å²) < 4.78 is 23.7. The second-order valence-corrected chi connectivity index (χ2v) is 18.4. The molecule has 0 unspecified atom stereocenters. The van der Waals surface area contributed by atoms with E-state index < -0.39 is 14.3 Å². The van der Waals surface area contributed by atoms with Crippen LogP contribution >= 0.6 is 23.2 Å². The highest BCUT2D eigenvalue weighted by Crippen LogP contribution is 2.38. The number of carbonyl (C=O) groups is 2. The van der Waals surface area contributed by atoms with E-state index in [0.717, 1.165) is 24.0 Å². The van der Waals surface area contributed by atoms with Crippen LogP contribution in [0, 0.1) is 0 Å². The Balaban J connectivity index is 1.85. The number of allylic oxidation sites excluding steroid dienone is 2. The number of unbranched alkanes of at least 4 members (excludes halogenated alkanes) is 1. The van der Waals surface area contributed by atoms with E-state index in [1.54, 1.807) is 30.3 Å². The Bertz CT molecular complexity index is 1510. The molecule has 0 aliphatic heterocycles. The van der Waals surface area contributed by atoms with Crippen LogP contribution in [0.1, 0.15) is 74.0 Å². The summed E-state index contributed by atoms with van der Waals surface area (Å²) in [6, 6.07) is 18.1. The standard InChI is InChI=1S/C37H46Cl2O6Si/c1-26(45-46(6,7)37(2,3)4)15-9-8-10-20-33(40)36-29(22-35(41)42-5)21-30(43-24-27-16-11-13-18-31(27)38)23-34(36)44-25-28-17-12-14-19-32(28)39/h10-14,16-21,23,26H,8-9,15,22,24-25H2,1-7H3/b20-10-/t26-/m1/s1. The number of hydrogen-bond acceptors (Lipinski definition) is 6. The third kappa shape index (κ3) is 11.0. The van der Waals surface area contributed by atoms with Crippen molar-refractivity contribution >= 4 is 43.3 Å². The van der Waals surface area contributed by atoms with Gasteiger partial charge in [0, 0.05) is 33.3 Å². The van der Waals surface area contributed by atoms with E-state index in [9.17, 15) is 9.59 Å². The Hall–Kier alpha value is -3.10. The van der Waals surface area contributed by atoms with Crippen LogP contribution in [0.2, 0.25) is 28.2 Å². The normalized spacial score (nSPS) is 12.6. The number of carbonyl (C=O) groups excluding carboxylic acids is 2. The fraction of sp³-hybridized carbons (Fsp3) is 0.405. The minimum atomic E-state index is -1.85. The molecule has 0 radical (unpaired) electrons. The molecule has 0 aliphatic carbocycles. The molecule has 248 valence electrons. The summed E-state index contributed by atoms with van der Waals surface area (Å²) in [4.78, 5) is 26.2. The maximum atomic E-state index is 13.7. The van der Waals surface area contributed by atoms with Crippen LogP contribution in [0.25, 0.3) is 0 Å². The molecule has 3 aromatic carbocycles. The van der Waals surface area contributed by atoms with Crippen molar-refractivity contribution < 1.29 is 28.2 Å². The average Bonchev–Trinajstić information content (AvgIpc) is 2.99. The van der Waals surface area contributed by atoms with E-state index in [1.165, 1.54) is 7.11 Å². The third-order valence-electron chi connectivity index (χ3n) is 8.21. The van der Waals surface area contributed by atoms with Crippen molar-refractivity contribution in [2.24, 2.45) is 0 Å². The smallest absolute Gasteiger partial charge is 0.310 e. The van der Waals surface area contributed by atoms with Crippen molar-refractivity contribution in [3.8, 4) is 11.5 Å². The Morgan fingerprint density at radius 1 is 0.891 bits per heavy atom. The Morgan fingerprint density at radius 2 is 1.48 bits per heavy atom. The fourth-order valence-corrected chi connectivity index (χ4v) is 6.43. The topological polar surface area (TPSA) is 71.1 Å². The summed E-state index contributed by atoms with van der Waals surface area (Å²) in [7, 11) is -0.534. The average molecular weight is 686 g/mol. The molecule has 0 heterocycles. The summed E-state index contributed by atoms with van der Waals surface area (Å²) in [5, 5.41) is 1.27. The lowest BCUT2D eigenvalue weighted by Crippen LogP contribution is -2.43. The lowest BCUT2D eigenvalue weighted by molar-refractivity contribution is -0.139. The highest BCUT2D eigenvalue weighted by atomic mass is 35.5. The monoisotopic (exact) mass is 684 g/mol. The minimum Gasteiger partial charge on any atom is -0.489 e. The van der Waals surface area contributed by atoms with E-state index in [-0.39, 0.29) is 47.9 Å². The largest absolute Gasteiger partial charge is 0.489 e. The van der Waals surface area contributed by atoms with Crippen LogP contribution in [0.5, 0.6) is 11.5 Å². The van der Waals surface area contributed by atoms with Crippen LogP contribution in [-0.2, 0) is 33.6 Å². The van der Waals surface area contributed by atoms with Gasteiger partial charge in [-0.1, -0.05) is 86.4 Å². The van der Waals surface area contributed by atoms with Crippen LogP contribution < -0.4 is 9.47 Å². The number of hydrogen-bond donors (Lipinski definition) is 0. The first-order valence-electron chi connectivity index (χ1n) is 15.6. The lowest BCUT2D eigenvalue weighted by atomic mass is 9.98. The van der Waals surface area contributed by atoms with Crippen molar-refractivity contribution in [3.63, 3.8) is 0 Å². The summed E-state index contributed by atoms with van der Waals surface area (Å²) in [5.74, 6) is -0.0731. The predicted octanol–water partition coefficient (Wildman–Crippen LogP) is 10.2. The predicted molar refractivity (Wildman–Crippen MR) is 189 cm³/mol. The van der Waals surface area contributed by atoms with Crippen LogP contribution in [0.4, 0.5) is 0 Å². The molecule has 1 atom stereocenters. The molecular formula is C37H46Cl2O6Si. The molecule has 6 nitrogen and oxygen atoms in total. The summed E-state index contributed by atoms with van der Waals surface area (Å²) in [6.45, 7) is 13.6. The van der Waals surface area contributed by atoms with Gasteiger partial charge in [0.25, 0.3) is 0 Å². The zero-order valence-corrected chi connectivity index (χ0v) is 30.5. The van der Waals surface area contributed by atoms with E-state index in [4.69, 9.17) is 41.8 Å². The molecule has 0 aliphatic rings. The van der Waals surface area contributed by atoms with Crippen molar-refractivity contribution in [1.29, 1.82) is 0 Å². The third-order valence-corrected chi connectivity index (χ3v) is 13.6. The number of halogens is 2. The summed E-state index contributed by atoms with van der Waals surface area (Å²) >= 11 is 12.7. The molecule has 9 heteroatoms. The van der Waals surface area contributed by atoms with Gasteiger partial charge in [0.15, 0.2) is 14.1 Å². The molecule has 0 bridgehead atoms. The molecule has 3 aromatic rings. The second kappa shape index (κ2) is 17.2. The van der Waals surface area contributed by atoms with Gasteiger partial charge in [-0.05, 0) is 74.2 Å². The van der Waals surface area contributed by atoms with E-state index in [0.29, 0.717) is 27.8 Å². The lowest BCUT2D eigenvalue weighted by Gasteiger charge is -2.38. The van der Waals surface area contributed by atoms with Gasteiger partial charge in [0.2, 0.25) is 0 Å². The van der Waals surface area contributed by atoms with Gasteiger partial charge >= 0.3 is 5.97 Å². The molecule has 0 aromatic heterocycles. The molecule has 0 saturated carbocycles. The molecule has 0 fully saturated rings. The Labute approximate surface area is 285 Å². The summed E-state index contributed by atoms with van der Waals surface area (Å²) in [5.41, 5.74) is 2.26. The van der Waals surface area contributed by atoms with Gasteiger partial charge in [0.1, 0.15) is 24.7 Å². The fourth-order valence-electron chi connectivity index (χ4n) is 4.57. The Kier molecular flexibility index (Phi) is 13.9. The molecule has 0 saturated heterocycles. The van der Waals surface area contributed by atoms with E-state index in [1.807, 2.05) is 42.5 Å². The molecule has 0 amide bonds. The van der Waals surface area contributed by atoms with Gasteiger partial charge in [-0.15, -0.1) is 0 Å². The van der Waals surface area contributed by atoms with Crippen molar-refractivity contribution in [1.82, 2.24) is 0 Å². The van der Waals surface area contributed by atoms with Crippen molar-refractivity contribution in [3.05, 3.63) is 105 Å². The van der Waals surface area contributed by atoms with Gasteiger partial charge < -0.3 is 18.6 Å². The number of ether oxygens (including phenoxy) is 3. The molecule has 3 rings (SSSR count). The number of methoxy groups -OCH3 is 1. The first kappa shape index (κ1) is 37.4. The van der Waals surface area contributed by atoms with Crippen LogP contribution in [0.15, 0.2) is 72.8 Å². The highest BCUT2D eigenvalue weighted by Gasteiger charge is 2.38. The minimum absolute atomic E-state index is 0.113. The van der Waals surface area contributed by atoms with Gasteiger partial charge in [0.05, 0.1) is 19.1 Å². The second-order valence-electron chi connectivity index (χ2n) is 12.9. The SMILES string of the molecule is COC(=O)Cc1cc(OCc2ccccc2Cl)cc(OCc2ccccc2Cl)c1C(=O)/C=C\CCC[C@@H](C)O[Si](C)(C)C(C)(C)C. The zero-order valence-electron chi connectivity index (χ0n) is 28.0. The van der Waals surface area contributed by atoms with Crippen molar-refractivity contribution in [2.75, 3.05) is 7.11 Å². The molecule has 0 N–H and O–H groups in total. The molecule has 0 spiro atoms. The van der Waals surface area contributed by atoms with Gasteiger partial charge in [-0.3, -0.25) is 9.59 Å². The van der Waals surface area contributed by atoms with Crippen molar-refractivity contribution in [2.45, 2.75) is 90.8 Å². The highest BCUT2D eigenvalue weighted by molar-refractivity contribution is 6.74. The number of esters is 1. The first-order valence-corrected chi connectivity index (χ1v) is 19.2. The van der Waals surface area contributed by atoms with Gasteiger partial charge in [-0.25, -0.2) is 0 Å². The first-order chi connectivity index (χ1) is 21.7. The number of ketones is 1. The van der Waals surface area contributed by atoms with Gasteiger partial charge in [-0.2, -0.15) is 0 Å². The number of rotatable bonds is 16. The summed E-state index contributed by atoms with van der Waals surface area (Å²) in [6.07, 6.45) is 5.88. The van der Waals surface area contributed by atoms with E-state index >= 15 is 0 Å². The quantitative estimate of drug-likeness (QED) is 0.0492. The maximum absolute atomic E-state index is 13.7. The van der Waals surface area contributed by atoms with Crippen LogP contribution in [-0.4, -0.2) is 33.3 Å². The molecule has 46 heavy (non-hydrogen) atoms. The van der Waals surface area contributed by atoms with Crippen LogP contribution in [0.3, 0.4) is 0 Å². The zero-order chi connectivity index (χ0) is 33.9. The molecular weight excluding hydrogens is 639 g/mol. The maximum Gasteiger partial charge on any atom is 0.310 e.